The molecule has 0 bridgehead atoms. The highest BCUT2D eigenvalue weighted by molar-refractivity contribution is 5.04. The summed E-state index contributed by atoms with van der Waals surface area (Å²) in [7, 11) is 0. The van der Waals surface area contributed by atoms with Crippen LogP contribution in [0.25, 0.3) is 0 Å². The maximum absolute atomic E-state index is 5.81. The number of aryl methyl sites for hydroxylation is 1. The minimum absolute atomic E-state index is 0.185. The first-order chi connectivity index (χ1) is 8.93. The summed E-state index contributed by atoms with van der Waals surface area (Å²) in [6, 6.07) is 0. The van der Waals surface area contributed by atoms with Crippen LogP contribution < -0.4 is 5.32 Å². The van der Waals surface area contributed by atoms with Crippen molar-refractivity contribution in [3.8, 4) is 0 Å². The molecule has 18 heavy (non-hydrogen) atoms. The first-order valence-electron chi connectivity index (χ1n) is 7.26. The van der Waals surface area contributed by atoms with Crippen molar-refractivity contribution >= 4 is 0 Å². The maximum atomic E-state index is 5.81. The van der Waals surface area contributed by atoms with Crippen LogP contribution in [-0.2, 0) is 11.3 Å². The van der Waals surface area contributed by atoms with Gasteiger partial charge in [0.2, 0.25) is 0 Å². The molecule has 0 radical (unpaired) electrons. The largest absolute Gasteiger partial charge is 0.369 e. The number of ether oxygens (including phenoxy) is 1. The lowest BCUT2D eigenvalue weighted by atomic mass is 10.0. The van der Waals surface area contributed by atoms with Gasteiger partial charge in [-0.15, -0.1) is 0 Å². The van der Waals surface area contributed by atoms with Crippen molar-refractivity contribution in [3.05, 3.63) is 18.2 Å². The molecule has 1 saturated heterocycles. The van der Waals surface area contributed by atoms with Crippen molar-refractivity contribution < 1.29 is 4.74 Å². The summed E-state index contributed by atoms with van der Waals surface area (Å²) < 4.78 is 8.10. The van der Waals surface area contributed by atoms with E-state index in [0.717, 1.165) is 32.2 Å². The normalized spacial score (nSPS) is 25.7. The molecule has 0 amide bonds. The van der Waals surface area contributed by atoms with Gasteiger partial charge in [-0.3, -0.25) is 0 Å². The Balaban J connectivity index is 1.59. The second-order valence-corrected chi connectivity index (χ2v) is 5.51. The van der Waals surface area contributed by atoms with Crippen LogP contribution in [0.1, 0.15) is 43.9 Å². The van der Waals surface area contributed by atoms with Gasteiger partial charge in [0.25, 0.3) is 0 Å². The van der Waals surface area contributed by atoms with Gasteiger partial charge in [-0.05, 0) is 12.3 Å². The van der Waals surface area contributed by atoms with E-state index in [1.807, 2.05) is 12.5 Å². The van der Waals surface area contributed by atoms with E-state index < -0.39 is 0 Å². The van der Waals surface area contributed by atoms with E-state index in [1.54, 1.807) is 0 Å². The first kappa shape index (κ1) is 12.2. The predicted molar refractivity (Wildman–Crippen MR) is 70.4 cm³/mol. The molecular formula is C14H23N3O. The van der Waals surface area contributed by atoms with E-state index in [4.69, 9.17) is 4.74 Å². The van der Waals surface area contributed by atoms with Crippen molar-refractivity contribution in [1.29, 1.82) is 0 Å². The van der Waals surface area contributed by atoms with Gasteiger partial charge in [0, 0.05) is 19.6 Å². The van der Waals surface area contributed by atoms with Crippen molar-refractivity contribution in [3.63, 3.8) is 0 Å². The molecule has 1 N–H and O–H groups in total. The van der Waals surface area contributed by atoms with E-state index in [9.17, 15) is 0 Å². The predicted octanol–water partition coefficient (Wildman–Crippen LogP) is 2.12. The lowest BCUT2D eigenvalue weighted by Crippen LogP contribution is -2.34. The summed E-state index contributed by atoms with van der Waals surface area (Å²) in [5.41, 5.74) is 1.24. The van der Waals surface area contributed by atoms with Crippen LogP contribution in [-0.4, -0.2) is 29.2 Å². The molecule has 3 rings (SSSR count). The lowest BCUT2D eigenvalue weighted by molar-refractivity contribution is 0.0226. The Bertz CT molecular complexity index is 365. The number of nitrogens with one attached hydrogen (secondary N) is 1. The van der Waals surface area contributed by atoms with Gasteiger partial charge in [-0.2, -0.15) is 0 Å². The third-order valence-corrected chi connectivity index (χ3v) is 4.25. The molecule has 1 aliphatic carbocycles. The van der Waals surface area contributed by atoms with Gasteiger partial charge < -0.3 is 14.6 Å². The number of morpholine rings is 1. The third-order valence-electron chi connectivity index (χ3n) is 4.25. The number of rotatable bonds is 4. The van der Waals surface area contributed by atoms with Crippen molar-refractivity contribution in [2.24, 2.45) is 5.92 Å². The fourth-order valence-corrected chi connectivity index (χ4v) is 3.16. The summed E-state index contributed by atoms with van der Waals surface area (Å²) in [5, 5.41) is 3.38. The van der Waals surface area contributed by atoms with Gasteiger partial charge >= 0.3 is 0 Å². The molecule has 2 aliphatic rings. The molecule has 4 heteroatoms. The molecule has 1 atom stereocenters. The SMILES string of the molecule is c1ncn(CCC2CCCC2)c1C1CNCCO1. The van der Waals surface area contributed by atoms with Crippen LogP contribution in [0.5, 0.6) is 0 Å². The molecular weight excluding hydrogens is 226 g/mol. The number of hydrogen-bond donors (Lipinski definition) is 1. The molecule has 0 spiro atoms. The monoisotopic (exact) mass is 249 g/mol. The topological polar surface area (TPSA) is 39.1 Å². The lowest BCUT2D eigenvalue weighted by Gasteiger charge is -2.24. The van der Waals surface area contributed by atoms with E-state index in [0.29, 0.717) is 0 Å². The molecule has 0 aromatic carbocycles. The number of hydrogen-bond acceptors (Lipinski definition) is 3. The summed E-state index contributed by atoms with van der Waals surface area (Å²) in [6.07, 6.45) is 11.1. The minimum atomic E-state index is 0.185. The summed E-state index contributed by atoms with van der Waals surface area (Å²) in [6.45, 7) is 3.78. The third kappa shape index (κ3) is 2.75. The fraction of sp³-hybridized carbons (Fsp3) is 0.786. The average Bonchev–Trinajstić information content (AvgIpc) is 3.09. The van der Waals surface area contributed by atoms with Gasteiger partial charge in [0.15, 0.2) is 0 Å². The zero-order valence-corrected chi connectivity index (χ0v) is 11.0. The highest BCUT2D eigenvalue weighted by atomic mass is 16.5. The molecule has 2 heterocycles. The smallest absolute Gasteiger partial charge is 0.111 e. The zero-order chi connectivity index (χ0) is 12.2. The Labute approximate surface area is 109 Å². The van der Waals surface area contributed by atoms with E-state index in [2.05, 4.69) is 14.9 Å². The van der Waals surface area contributed by atoms with Crippen LogP contribution in [0.15, 0.2) is 12.5 Å². The Morgan fingerprint density at radius 3 is 3.06 bits per heavy atom. The molecule has 1 aliphatic heterocycles. The Kier molecular flexibility index (Phi) is 3.96. The molecule has 4 nitrogen and oxygen atoms in total. The van der Waals surface area contributed by atoms with E-state index in [1.165, 1.54) is 37.8 Å². The van der Waals surface area contributed by atoms with Crippen LogP contribution in [0.3, 0.4) is 0 Å². The summed E-state index contributed by atoms with van der Waals surface area (Å²) in [4.78, 5) is 4.30. The van der Waals surface area contributed by atoms with Gasteiger partial charge in [0.1, 0.15) is 6.10 Å². The maximum Gasteiger partial charge on any atom is 0.111 e. The van der Waals surface area contributed by atoms with Crippen LogP contribution in [0.2, 0.25) is 0 Å². The highest BCUT2D eigenvalue weighted by Gasteiger charge is 2.20. The Hall–Kier alpha value is -0.870. The zero-order valence-electron chi connectivity index (χ0n) is 11.0. The molecule has 1 aromatic heterocycles. The molecule has 1 saturated carbocycles. The van der Waals surface area contributed by atoms with Crippen LogP contribution >= 0.6 is 0 Å². The van der Waals surface area contributed by atoms with E-state index >= 15 is 0 Å². The fourth-order valence-electron chi connectivity index (χ4n) is 3.16. The summed E-state index contributed by atoms with van der Waals surface area (Å²) >= 11 is 0. The molecule has 2 fully saturated rings. The van der Waals surface area contributed by atoms with Gasteiger partial charge in [-0.25, -0.2) is 4.98 Å². The Morgan fingerprint density at radius 2 is 2.28 bits per heavy atom. The molecule has 1 aromatic rings. The van der Waals surface area contributed by atoms with Gasteiger partial charge in [-0.1, -0.05) is 25.7 Å². The number of imidazole rings is 1. The molecule has 100 valence electrons. The van der Waals surface area contributed by atoms with Gasteiger partial charge in [0.05, 0.1) is 24.8 Å². The first-order valence-corrected chi connectivity index (χ1v) is 7.26. The number of nitrogens with zero attached hydrogens (tertiary/aromatic N) is 2. The molecule has 1 unspecified atom stereocenters. The minimum Gasteiger partial charge on any atom is -0.369 e. The second-order valence-electron chi connectivity index (χ2n) is 5.51. The number of aromatic nitrogens is 2. The van der Waals surface area contributed by atoms with Crippen molar-refractivity contribution in [1.82, 2.24) is 14.9 Å². The second kappa shape index (κ2) is 5.85. The quantitative estimate of drug-likeness (QED) is 0.888. The highest BCUT2D eigenvalue weighted by Crippen LogP contribution is 2.28. The van der Waals surface area contributed by atoms with Crippen LogP contribution in [0, 0.1) is 5.92 Å². The van der Waals surface area contributed by atoms with Crippen molar-refractivity contribution in [2.75, 3.05) is 19.7 Å². The van der Waals surface area contributed by atoms with E-state index in [-0.39, 0.29) is 6.10 Å². The van der Waals surface area contributed by atoms with Crippen molar-refractivity contribution in [2.45, 2.75) is 44.8 Å². The average molecular weight is 249 g/mol. The Morgan fingerprint density at radius 1 is 1.39 bits per heavy atom. The van der Waals surface area contributed by atoms with Crippen LogP contribution in [0.4, 0.5) is 0 Å². The summed E-state index contributed by atoms with van der Waals surface area (Å²) in [5.74, 6) is 0.936. The standard InChI is InChI=1S/C14H23N3O/c1-2-4-12(3-1)5-7-17-11-16-9-13(17)14-10-15-6-8-18-14/h9,11-12,14-15H,1-8,10H2.